The van der Waals surface area contributed by atoms with Crippen molar-refractivity contribution in [3.8, 4) is 5.82 Å². The third kappa shape index (κ3) is 2.91. The summed E-state index contributed by atoms with van der Waals surface area (Å²) in [5.41, 5.74) is 1.42. The Morgan fingerprint density at radius 1 is 1.41 bits per heavy atom. The van der Waals surface area contributed by atoms with Crippen molar-refractivity contribution in [1.29, 1.82) is 0 Å². The summed E-state index contributed by atoms with van der Waals surface area (Å²) < 4.78 is 7.70. The summed E-state index contributed by atoms with van der Waals surface area (Å²) in [6.07, 6.45) is 8.73. The van der Waals surface area contributed by atoms with Crippen LogP contribution >= 0.6 is 0 Å². The van der Waals surface area contributed by atoms with E-state index >= 15 is 0 Å². The second-order valence-corrected chi connectivity index (χ2v) is 6.43. The summed E-state index contributed by atoms with van der Waals surface area (Å²) in [7, 11) is 0. The predicted octanol–water partition coefficient (Wildman–Crippen LogP) is 2.56. The van der Waals surface area contributed by atoms with Crippen LogP contribution < -0.4 is 5.32 Å². The van der Waals surface area contributed by atoms with Gasteiger partial charge in [-0.3, -0.25) is 4.57 Å². The second kappa shape index (κ2) is 6.18. The van der Waals surface area contributed by atoms with Gasteiger partial charge >= 0.3 is 0 Å². The summed E-state index contributed by atoms with van der Waals surface area (Å²) in [6, 6.07) is 4.65. The first-order chi connectivity index (χ1) is 10.6. The smallest absolute Gasteiger partial charge is 0.138 e. The molecule has 1 aliphatic carbocycles. The van der Waals surface area contributed by atoms with Crippen LogP contribution in [0.2, 0.25) is 0 Å². The number of hydrogen-bond donors (Lipinski definition) is 1. The van der Waals surface area contributed by atoms with E-state index in [1.807, 2.05) is 17.0 Å². The van der Waals surface area contributed by atoms with E-state index in [0.717, 1.165) is 25.4 Å². The molecule has 22 heavy (non-hydrogen) atoms. The highest BCUT2D eigenvalue weighted by atomic mass is 16.5. The summed E-state index contributed by atoms with van der Waals surface area (Å²) >= 11 is 0. The molecule has 2 aromatic heterocycles. The lowest BCUT2D eigenvalue weighted by Gasteiger charge is -2.52. The van der Waals surface area contributed by atoms with Gasteiger partial charge in [0.1, 0.15) is 12.1 Å². The van der Waals surface area contributed by atoms with E-state index in [2.05, 4.69) is 48.2 Å². The SMILES string of the molecule is CCOC1CC(NCc2ccnc(-n3ccnc3)c2)C1(C)C. The van der Waals surface area contributed by atoms with E-state index in [4.69, 9.17) is 4.74 Å². The summed E-state index contributed by atoms with van der Waals surface area (Å²) in [6.45, 7) is 8.25. The number of nitrogens with zero attached hydrogens (tertiary/aromatic N) is 3. The molecule has 5 heteroatoms. The molecule has 2 atom stereocenters. The third-order valence-electron chi connectivity index (χ3n) is 4.68. The van der Waals surface area contributed by atoms with Crippen LogP contribution in [-0.2, 0) is 11.3 Å². The summed E-state index contributed by atoms with van der Waals surface area (Å²) in [5.74, 6) is 0.900. The van der Waals surface area contributed by atoms with Gasteiger partial charge in [0.05, 0.1) is 6.10 Å². The monoisotopic (exact) mass is 300 g/mol. The number of pyridine rings is 1. The number of rotatable bonds is 6. The molecule has 118 valence electrons. The van der Waals surface area contributed by atoms with Crippen LogP contribution in [-0.4, -0.2) is 33.3 Å². The van der Waals surface area contributed by atoms with Crippen molar-refractivity contribution in [1.82, 2.24) is 19.9 Å². The van der Waals surface area contributed by atoms with Gasteiger partial charge in [-0.15, -0.1) is 0 Å². The molecule has 2 heterocycles. The molecule has 0 radical (unpaired) electrons. The number of aromatic nitrogens is 3. The number of nitrogens with one attached hydrogen (secondary N) is 1. The molecular weight excluding hydrogens is 276 g/mol. The van der Waals surface area contributed by atoms with Crippen LogP contribution in [0.25, 0.3) is 5.82 Å². The molecule has 0 saturated heterocycles. The average molecular weight is 300 g/mol. The Labute approximate surface area is 131 Å². The lowest BCUT2D eigenvalue weighted by Crippen LogP contribution is -2.60. The standard InChI is InChI=1S/C17H24N4O/c1-4-22-15-10-14(17(15,2)3)20-11-13-5-6-19-16(9-13)21-8-7-18-12-21/h5-9,12,14-15,20H,4,10-11H2,1-3H3. The molecule has 1 fully saturated rings. The number of ether oxygens (including phenoxy) is 1. The van der Waals surface area contributed by atoms with Gasteiger partial charge in [0.2, 0.25) is 0 Å². The van der Waals surface area contributed by atoms with Crippen LogP contribution in [0.15, 0.2) is 37.1 Å². The van der Waals surface area contributed by atoms with Gasteiger partial charge in [0.15, 0.2) is 0 Å². The van der Waals surface area contributed by atoms with Crippen molar-refractivity contribution in [2.24, 2.45) is 5.41 Å². The highest BCUT2D eigenvalue weighted by Crippen LogP contribution is 2.42. The molecule has 2 unspecified atom stereocenters. The maximum absolute atomic E-state index is 5.78. The van der Waals surface area contributed by atoms with Gasteiger partial charge in [-0.25, -0.2) is 9.97 Å². The molecule has 0 amide bonds. The van der Waals surface area contributed by atoms with Crippen LogP contribution in [0.3, 0.4) is 0 Å². The maximum Gasteiger partial charge on any atom is 0.138 e. The number of hydrogen-bond acceptors (Lipinski definition) is 4. The van der Waals surface area contributed by atoms with E-state index in [0.29, 0.717) is 12.1 Å². The maximum atomic E-state index is 5.78. The lowest BCUT2D eigenvalue weighted by molar-refractivity contribution is -0.114. The summed E-state index contributed by atoms with van der Waals surface area (Å²) in [4.78, 5) is 8.45. The Balaban J connectivity index is 1.60. The molecule has 0 bridgehead atoms. The van der Waals surface area contributed by atoms with Crippen LogP contribution in [0.4, 0.5) is 0 Å². The Kier molecular flexibility index (Phi) is 4.27. The zero-order valence-corrected chi connectivity index (χ0v) is 13.5. The molecule has 3 rings (SSSR count). The molecular formula is C17H24N4O. The minimum absolute atomic E-state index is 0.191. The van der Waals surface area contributed by atoms with Crippen molar-refractivity contribution < 1.29 is 4.74 Å². The molecule has 0 aliphatic heterocycles. The average Bonchev–Trinajstić information content (AvgIpc) is 3.05. The second-order valence-electron chi connectivity index (χ2n) is 6.43. The molecule has 0 spiro atoms. The minimum atomic E-state index is 0.191. The molecule has 0 aromatic carbocycles. The van der Waals surface area contributed by atoms with Gasteiger partial charge in [0.25, 0.3) is 0 Å². The quantitative estimate of drug-likeness (QED) is 0.891. The highest BCUT2D eigenvalue weighted by Gasteiger charge is 2.48. The Hall–Kier alpha value is -1.72. The first-order valence-electron chi connectivity index (χ1n) is 7.89. The van der Waals surface area contributed by atoms with Gasteiger partial charge < -0.3 is 10.1 Å². The Morgan fingerprint density at radius 3 is 2.95 bits per heavy atom. The molecule has 1 N–H and O–H groups in total. The highest BCUT2D eigenvalue weighted by molar-refractivity contribution is 5.27. The fraction of sp³-hybridized carbons (Fsp3) is 0.529. The van der Waals surface area contributed by atoms with E-state index < -0.39 is 0 Å². The third-order valence-corrected chi connectivity index (χ3v) is 4.68. The largest absolute Gasteiger partial charge is 0.378 e. The summed E-state index contributed by atoms with van der Waals surface area (Å²) in [5, 5.41) is 3.65. The molecule has 2 aromatic rings. The van der Waals surface area contributed by atoms with Gasteiger partial charge in [-0.05, 0) is 31.0 Å². The lowest BCUT2D eigenvalue weighted by atomic mass is 9.64. The van der Waals surface area contributed by atoms with Crippen molar-refractivity contribution in [2.45, 2.75) is 45.9 Å². The van der Waals surface area contributed by atoms with Gasteiger partial charge in [-0.2, -0.15) is 0 Å². The number of imidazole rings is 1. The minimum Gasteiger partial charge on any atom is -0.378 e. The topological polar surface area (TPSA) is 52.0 Å². The van der Waals surface area contributed by atoms with Gasteiger partial charge in [0, 0.05) is 43.2 Å². The first kappa shape index (κ1) is 15.2. The van der Waals surface area contributed by atoms with E-state index in [1.165, 1.54) is 5.56 Å². The van der Waals surface area contributed by atoms with Crippen molar-refractivity contribution >= 4 is 0 Å². The molecule has 1 saturated carbocycles. The van der Waals surface area contributed by atoms with Crippen LogP contribution in [0.1, 0.15) is 32.8 Å². The van der Waals surface area contributed by atoms with E-state index in [-0.39, 0.29) is 5.41 Å². The van der Waals surface area contributed by atoms with E-state index in [1.54, 1.807) is 12.5 Å². The first-order valence-corrected chi connectivity index (χ1v) is 7.89. The molecule has 1 aliphatic rings. The zero-order chi connectivity index (χ0) is 15.6. The van der Waals surface area contributed by atoms with Crippen molar-refractivity contribution in [3.63, 3.8) is 0 Å². The predicted molar refractivity (Wildman–Crippen MR) is 85.8 cm³/mol. The Bertz CT molecular complexity index is 609. The van der Waals surface area contributed by atoms with E-state index in [9.17, 15) is 0 Å². The van der Waals surface area contributed by atoms with Gasteiger partial charge in [-0.1, -0.05) is 13.8 Å². The van der Waals surface area contributed by atoms with Crippen LogP contribution in [0.5, 0.6) is 0 Å². The van der Waals surface area contributed by atoms with Crippen molar-refractivity contribution in [2.75, 3.05) is 6.61 Å². The molecule has 5 nitrogen and oxygen atoms in total. The van der Waals surface area contributed by atoms with Crippen LogP contribution in [0, 0.1) is 5.41 Å². The van der Waals surface area contributed by atoms with Crippen molar-refractivity contribution in [3.05, 3.63) is 42.6 Å². The zero-order valence-electron chi connectivity index (χ0n) is 13.5. The fourth-order valence-electron chi connectivity index (χ4n) is 3.06. The fourth-order valence-corrected chi connectivity index (χ4v) is 3.06. The normalized spacial score (nSPS) is 23.2. The Morgan fingerprint density at radius 2 is 2.27 bits per heavy atom.